The van der Waals surface area contributed by atoms with Crippen molar-refractivity contribution in [3.8, 4) is 0 Å². The second-order valence-electron chi connectivity index (χ2n) is 5.50. The van der Waals surface area contributed by atoms with Gasteiger partial charge in [0.15, 0.2) is 0 Å². The van der Waals surface area contributed by atoms with Gasteiger partial charge in [0, 0.05) is 18.1 Å². The quantitative estimate of drug-likeness (QED) is 0.893. The van der Waals surface area contributed by atoms with Gasteiger partial charge in [0.25, 0.3) is 0 Å². The molecule has 7 heteroatoms. The van der Waals surface area contributed by atoms with E-state index in [-0.39, 0.29) is 16.0 Å². The van der Waals surface area contributed by atoms with Gasteiger partial charge in [-0.2, -0.15) is 0 Å². The summed E-state index contributed by atoms with van der Waals surface area (Å²) in [5.41, 5.74) is 0. The number of halogens is 2. The van der Waals surface area contributed by atoms with E-state index in [1.807, 2.05) is 0 Å². The van der Waals surface area contributed by atoms with Crippen molar-refractivity contribution in [2.75, 3.05) is 0 Å². The van der Waals surface area contributed by atoms with Gasteiger partial charge in [-0.25, -0.2) is 13.1 Å². The Kier molecular flexibility index (Phi) is 3.99. The van der Waals surface area contributed by atoms with E-state index in [2.05, 4.69) is 10.0 Å². The number of hydrogen-bond donors (Lipinski definition) is 2. The fourth-order valence-corrected chi connectivity index (χ4v) is 4.74. The van der Waals surface area contributed by atoms with Gasteiger partial charge >= 0.3 is 0 Å². The maximum atomic E-state index is 12.4. The van der Waals surface area contributed by atoms with Crippen LogP contribution in [-0.4, -0.2) is 26.5 Å². The summed E-state index contributed by atoms with van der Waals surface area (Å²) >= 11 is 11.7. The van der Waals surface area contributed by atoms with Crippen LogP contribution in [-0.2, 0) is 10.0 Å². The van der Waals surface area contributed by atoms with Crippen molar-refractivity contribution < 1.29 is 8.42 Å². The number of piperidine rings is 1. The van der Waals surface area contributed by atoms with Gasteiger partial charge in [0.2, 0.25) is 10.0 Å². The van der Waals surface area contributed by atoms with Crippen LogP contribution in [0.1, 0.15) is 25.7 Å². The van der Waals surface area contributed by atoms with Crippen LogP contribution < -0.4 is 10.0 Å². The topological polar surface area (TPSA) is 58.2 Å². The summed E-state index contributed by atoms with van der Waals surface area (Å²) in [5.74, 6) is 0. The average Bonchev–Trinajstić information content (AvgIpc) is 2.71. The maximum Gasteiger partial charge on any atom is 0.240 e. The zero-order valence-corrected chi connectivity index (χ0v) is 13.1. The third kappa shape index (κ3) is 2.97. The summed E-state index contributed by atoms with van der Waals surface area (Å²) < 4.78 is 27.5. The lowest BCUT2D eigenvalue weighted by Crippen LogP contribution is -2.47. The van der Waals surface area contributed by atoms with E-state index in [4.69, 9.17) is 23.2 Å². The Bertz CT molecular complexity index is 609. The monoisotopic (exact) mass is 334 g/mol. The molecule has 3 rings (SSSR count). The summed E-state index contributed by atoms with van der Waals surface area (Å²) in [6.07, 6.45) is 3.96. The van der Waals surface area contributed by atoms with Crippen molar-refractivity contribution in [2.24, 2.45) is 0 Å². The molecule has 2 fully saturated rings. The van der Waals surface area contributed by atoms with Crippen LogP contribution in [0.5, 0.6) is 0 Å². The van der Waals surface area contributed by atoms with E-state index < -0.39 is 10.0 Å². The predicted octanol–water partition coefficient (Wildman–Crippen LogP) is 2.55. The van der Waals surface area contributed by atoms with E-state index in [0.29, 0.717) is 17.1 Å². The molecule has 2 unspecified atom stereocenters. The van der Waals surface area contributed by atoms with Crippen LogP contribution in [0, 0.1) is 0 Å². The van der Waals surface area contributed by atoms with Gasteiger partial charge in [-0.3, -0.25) is 0 Å². The molecule has 2 aliphatic rings. The minimum atomic E-state index is -3.54. The smallest absolute Gasteiger partial charge is 0.240 e. The van der Waals surface area contributed by atoms with Crippen molar-refractivity contribution in [3.63, 3.8) is 0 Å². The van der Waals surface area contributed by atoms with Crippen molar-refractivity contribution in [3.05, 3.63) is 28.2 Å². The van der Waals surface area contributed by atoms with E-state index in [9.17, 15) is 8.42 Å². The van der Waals surface area contributed by atoms with Crippen molar-refractivity contribution in [1.29, 1.82) is 0 Å². The van der Waals surface area contributed by atoms with Crippen LogP contribution in [0.3, 0.4) is 0 Å². The molecule has 0 aromatic heterocycles. The lowest BCUT2D eigenvalue weighted by molar-refractivity contribution is 0.345. The molecule has 4 nitrogen and oxygen atoms in total. The third-order valence-corrected chi connectivity index (χ3v) is 6.25. The fourth-order valence-electron chi connectivity index (χ4n) is 3.08. The number of rotatable bonds is 3. The molecule has 2 atom stereocenters. The van der Waals surface area contributed by atoms with Crippen molar-refractivity contribution in [2.45, 2.75) is 48.7 Å². The molecular formula is C13H16Cl2N2O2S. The molecule has 0 amide bonds. The zero-order chi connectivity index (χ0) is 14.3. The Labute approximate surface area is 128 Å². The molecule has 2 heterocycles. The highest BCUT2D eigenvalue weighted by Crippen LogP contribution is 2.29. The molecular weight excluding hydrogens is 319 g/mol. The van der Waals surface area contributed by atoms with E-state index in [0.717, 1.165) is 25.7 Å². The molecule has 0 aliphatic carbocycles. The average molecular weight is 335 g/mol. The first-order valence-corrected chi connectivity index (χ1v) is 8.91. The van der Waals surface area contributed by atoms with Gasteiger partial charge in [0.05, 0.1) is 14.9 Å². The second kappa shape index (κ2) is 5.46. The largest absolute Gasteiger partial charge is 0.311 e. The Balaban J connectivity index is 1.76. The van der Waals surface area contributed by atoms with Crippen LogP contribution >= 0.6 is 23.2 Å². The van der Waals surface area contributed by atoms with E-state index in [1.165, 1.54) is 18.2 Å². The first-order chi connectivity index (χ1) is 9.44. The molecule has 0 saturated carbocycles. The Morgan fingerprint density at radius 2 is 1.75 bits per heavy atom. The molecule has 2 N–H and O–H groups in total. The van der Waals surface area contributed by atoms with Crippen molar-refractivity contribution in [1.82, 2.24) is 10.0 Å². The lowest BCUT2D eigenvalue weighted by atomic mass is 10.0. The molecule has 2 saturated heterocycles. The third-order valence-electron chi connectivity index (χ3n) is 4.00. The summed E-state index contributed by atoms with van der Waals surface area (Å²) in [4.78, 5) is 0.165. The number of benzene rings is 1. The van der Waals surface area contributed by atoms with E-state index in [1.54, 1.807) is 0 Å². The number of hydrogen-bond acceptors (Lipinski definition) is 3. The fraction of sp³-hybridized carbons (Fsp3) is 0.538. The minimum absolute atomic E-state index is 0.00629. The molecule has 1 aromatic carbocycles. The molecule has 20 heavy (non-hydrogen) atoms. The van der Waals surface area contributed by atoms with Crippen LogP contribution in [0.25, 0.3) is 0 Å². The maximum absolute atomic E-state index is 12.4. The second-order valence-corrected chi connectivity index (χ2v) is 8.03. The normalized spacial score (nSPS) is 29.6. The van der Waals surface area contributed by atoms with Gasteiger partial charge < -0.3 is 5.32 Å². The first-order valence-electron chi connectivity index (χ1n) is 6.67. The van der Waals surface area contributed by atoms with Crippen molar-refractivity contribution >= 4 is 33.2 Å². The van der Waals surface area contributed by atoms with Crippen LogP contribution in [0.4, 0.5) is 0 Å². The summed E-state index contributed by atoms with van der Waals surface area (Å²) in [7, 11) is -3.54. The zero-order valence-electron chi connectivity index (χ0n) is 10.8. The molecule has 110 valence electrons. The molecule has 0 spiro atoms. The summed E-state index contributed by atoms with van der Waals surface area (Å²) in [6.45, 7) is 0. The first kappa shape index (κ1) is 14.6. The molecule has 2 aliphatic heterocycles. The Hall–Kier alpha value is -0.330. The lowest BCUT2D eigenvalue weighted by Gasteiger charge is -2.29. The highest BCUT2D eigenvalue weighted by Gasteiger charge is 2.35. The number of fused-ring (bicyclic) bond motifs is 2. The Morgan fingerprint density at radius 3 is 2.35 bits per heavy atom. The molecule has 1 aromatic rings. The number of nitrogens with one attached hydrogen (secondary N) is 2. The summed E-state index contributed by atoms with van der Waals surface area (Å²) in [5, 5.41) is 4.09. The highest BCUT2D eigenvalue weighted by molar-refractivity contribution is 7.89. The van der Waals surface area contributed by atoms with Gasteiger partial charge in [-0.1, -0.05) is 23.2 Å². The van der Waals surface area contributed by atoms with E-state index >= 15 is 0 Å². The standard InChI is InChI=1S/C13H16Cl2N2O2S/c14-12-4-3-11(7-13(12)15)20(18,19)17-10-5-8-1-2-9(6-10)16-8/h3-4,7-10,16-17H,1-2,5-6H2. The molecule has 2 bridgehead atoms. The number of sulfonamides is 1. The van der Waals surface area contributed by atoms with Crippen LogP contribution in [0.2, 0.25) is 10.0 Å². The summed E-state index contributed by atoms with van der Waals surface area (Å²) in [6, 6.07) is 5.25. The minimum Gasteiger partial charge on any atom is -0.311 e. The van der Waals surface area contributed by atoms with Gasteiger partial charge in [-0.15, -0.1) is 0 Å². The van der Waals surface area contributed by atoms with Crippen LogP contribution in [0.15, 0.2) is 23.1 Å². The van der Waals surface area contributed by atoms with Gasteiger partial charge in [0.1, 0.15) is 0 Å². The van der Waals surface area contributed by atoms with Gasteiger partial charge in [-0.05, 0) is 43.9 Å². The molecule has 0 radical (unpaired) electrons. The SMILES string of the molecule is O=S(=O)(NC1CC2CCC(C1)N2)c1ccc(Cl)c(Cl)c1. The highest BCUT2D eigenvalue weighted by atomic mass is 35.5. The Morgan fingerprint density at radius 1 is 1.10 bits per heavy atom. The predicted molar refractivity (Wildman–Crippen MR) is 79.8 cm³/mol.